The van der Waals surface area contributed by atoms with Crippen molar-refractivity contribution < 1.29 is 39.8 Å². The summed E-state index contributed by atoms with van der Waals surface area (Å²) >= 11 is 0. The number of hydrogen-bond acceptors (Lipinski definition) is 8. The molecule has 0 aromatic carbocycles. The number of unbranched alkanes of at least 4 members (excludes halogenated alkanes) is 25. The van der Waals surface area contributed by atoms with Gasteiger partial charge in [-0.1, -0.05) is 203 Å². The van der Waals surface area contributed by atoms with Crippen LogP contribution < -0.4 is 5.32 Å². The summed E-state index contributed by atoms with van der Waals surface area (Å²) in [6.07, 6.45) is 51.3. The van der Waals surface area contributed by atoms with Crippen LogP contribution in [0.3, 0.4) is 0 Å². The first-order valence-corrected chi connectivity index (χ1v) is 26.0. The van der Waals surface area contributed by atoms with Gasteiger partial charge in [0, 0.05) is 6.42 Å². The third-order valence-electron chi connectivity index (χ3n) is 12.1. The van der Waals surface area contributed by atoms with Crippen molar-refractivity contribution >= 4 is 5.91 Å². The highest BCUT2D eigenvalue weighted by atomic mass is 16.7. The molecule has 1 fully saturated rings. The predicted molar refractivity (Wildman–Crippen MR) is 262 cm³/mol. The van der Waals surface area contributed by atoms with Crippen molar-refractivity contribution in [3.05, 3.63) is 60.8 Å². The van der Waals surface area contributed by atoms with Crippen LogP contribution in [-0.2, 0) is 14.3 Å². The minimum atomic E-state index is -1.57. The molecule has 9 heteroatoms. The Morgan fingerprint density at radius 1 is 0.540 bits per heavy atom. The van der Waals surface area contributed by atoms with Crippen LogP contribution in [0.5, 0.6) is 0 Å². The average molecular weight is 888 g/mol. The molecule has 9 nitrogen and oxygen atoms in total. The molecule has 7 atom stereocenters. The number of ether oxygens (including phenoxy) is 2. The van der Waals surface area contributed by atoms with E-state index in [2.05, 4.69) is 67.8 Å². The molecule has 7 unspecified atom stereocenters. The van der Waals surface area contributed by atoms with E-state index in [1.807, 2.05) is 6.08 Å². The molecule has 6 N–H and O–H groups in total. The summed E-state index contributed by atoms with van der Waals surface area (Å²) in [7, 11) is 0. The van der Waals surface area contributed by atoms with Gasteiger partial charge in [0.1, 0.15) is 24.4 Å². The smallest absolute Gasteiger partial charge is 0.220 e. The van der Waals surface area contributed by atoms with Gasteiger partial charge in [-0.3, -0.25) is 4.79 Å². The zero-order chi connectivity index (χ0) is 45.9. The summed E-state index contributed by atoms with van der Waals surface area (Å²) in [5, 5.41) is 54.3. The Morgan fingerprint density at radius 2 is 0.952 bits per heavy atom. The minimum Gasteiger partial charge on any atom is -0.394 e. The molecule has 0 saturated carbocycles. The Hall–Kier alpha value is -2.11. The molecule has 1 aliphatic rings. The van der Waals surface area contributed by atoms with Crippen LogP contribution in [0.25, 0.3) is 0 Å². The lowest BCUT2D eigenvalue weighted by molar-refractivity contribution is -0.302. The number of carbonyl (C=O) groups excluding carboxylic acids is 1. The van der Waals surface area contributed by atoms with Crippen LogP contribution in [0, 0.1) is 0 Å². The first-order valence-electron chi connectivity index (χ1n) is 26.0. The lowest BCUT2D eigenvalue weighted by atomic mass is 9.99. The molecule has 1 aliphatic heterocycles. The van der Waals surface area contributed by atoms with Crippen LogP contribution in [0.2, 0.25) is 0 Å². The fourth-order valence-electron chi connectivity index (χ4n) is 7.88. The number of aliphatic hydroxyl groups is 5. The van der Waals surface area contributed by atoms with E-state index >= 15 is 0 Å². The molecular formula is C54H97NO8. The molecule has 1 rings (SSSR count). The van der Waals surface area contributed by atoms with Gasteiger partial charge in [0.25, 0.3) is 0 Å². The van der Waals surface area contributed by atoms with E-state index in [4.69, 9.17) is 9.47 Å². The van der Waals surface area contributed by atoms with Crippen molar-refractivity contribution in [3.8, 4) is 0 Å². The lowest BCUT2D eigenvalue weighted by Gasteiger charge is -2.40. The van der Waals surface area contributed by atoms with Crippen molar-refractivity contribution in [1.82, 2.24) is 5.32 Å². The number of aliphatic hydroxyl groups excluding tert-OH is 5. The van der Waals surface area contributed by atoms with Gasteiger partial charge in [0.15, 0.2) is 6.29 Å². The van der Waals surface area contributed by atoms with Gasteiger partial charge >= 0.3 is 0 Å². The van der Waals surface area contributed by atoms with Crippen molar-refractivity contribution in [3.63, 3.8) is 0 Å². The SMILES string of the molecule is CCCCCCC/C=C\C/C=C\C/C=C\CCCCCCCCCCCCC(=O)NC(COC1OC(CO)C(O)C(O)C1O)C(O)/C=C/CC/C=C/CCCCCCCCCCC. The number of carbonyl (C=O) groups is 1. The van der Waals surface area contributed by atoms with Gasteiger partial charge in [-0.25, -0.2) is 0 Å². The zero-order valence-corrected chi connectivity index (χ0v) is 40.3. The van der Waals surface area contributed by atoms with E-state index in [0.29, 0.717) is 6.42 Å². The highest BCUT2D eigenvalue weighted by molar-refractivity contribution is 5.76. The molecule has 0 radical (unpaired) electrons. The first-order chi connectivity index (χ1) is 30.8. The molecule has 0 spiro atoms. The van der Waals surface area contributed by atoms with Gasteiger partial charge in [-0.15, -0.1) is 0 Å². The largest absolute Gasteiger partial charge is 0.394 e. The van der Waals surface area contributed by atoms with Crippen LogP contribution in [0.15, 0.2) is 60.8 Å². The third kappa shape index (κ3) is 33.9. The van der Waals surface area contributed by atoms with Gasteiger partial charge in [0.05, 0.1) is 25.4 Å². The van der Waals surface area contributed by atoms with E-state index in [1.165, 1.54) is 148 Å². The van der Waals surface area contributed by atoms with Gasteiger partial charge in [-0.2, -0.15) is 0 Å². The maximum absolute atomic E-state index is 13.0. The number of nitrogens with one attached hydrogen (secondary N) is 1. The Labute approximate surface area is 386 Å². The van der Waals surface area contributed by atoms with Gasteiger partial charge in [0.2, 0.25) is 5.91 Å². The topological polar surface area (TPSA) is 149 Å². The second-order valence-electron chi connectivity index (χ2n) is 18.0. The molecule has 366 valence electrons. The second-order valence-corrected chi connectivity index (χ2v) is 18.0. The molecular weight excluding hydrogens is 791 g/mol. The quantitative estimate of drug-likeness (QED) is 0.0262. The fourth-order valence-corrected chi connectivity index (χ4v) is 7.88. The Kier molecular flexibility index (Phi) is 40.9. The maximum atomic E-state index is 13.0. The van der Waals surface area contributed by atoms with E-state index in [0.717, 1.165) is 51.4 Å². The second kappa shape index (κ2) is 43.8. The van der Waals surface area contributed by atoms with Gasteiger partial charge < -0.3 is 40.3 Å². The van der Waals surface area contributed by atoms with E-state index in [9.17, 15) is 30.3 Å². The zero-order valence-electron chi connectivity index (χ0n) is 40.3. The Bertz CT molecular complexity index is 1170. The highest BCUT2D eigenvalue weighted by Crippen LogP contribution is 2.23. The summed E-state index contributed by atoms with van der Waals surface area (Å²) in [5.74, 6) is -0.193. The summed E-state index contributed by atoms with van der Waals surface area (Å²) in [5.41, 5.74) is 0. The monoisotopic (exact) mass is 888 g/mol. The third-order valence-corrected chi connectivity index (χ3v) is 12.1. The normalized spacial score (nSPS) is 20.7. The van der Waals surface area contributed by atoms with Crippen molar-refractivity contribution in [2.45, 2.75) is 262 Å². The molecule has 1 heterocycles. The van der Waals surface area contributed by atoms with Crippen LogP contribution in [-0.4, -0.2) is 87.5 Å². The number of amides is 1. The highest BCUT2D eigenvalue weighted by Gasteiger charge is 2.44. The lowest BCUT2D eigenvalue weighted by Crippen LogP contribution is -2.60. The first kappa shape index (κ1) is 58.9. The van der Waals surface area contributed by atoms with E-state index in [1.54, 1.807) is 6.08 Å². The minimum absolute atomic E-state index is 0.193. The van der Waals surface area contributed by atoms with Crippen LogP contribution >= 0.6 is 0 Å². The molecule has 0 aromatic rings. The molecule has 0 bridgehead atoms. The molecule has 0 aliphatic carbocycles. The van der Waals surface area contributed by atoms with Gasteiger partial charge in [-0.05, 0) is 70.6 Å². The number of hydrogen-bond donors (Lipinski definition) is 6. The number of rotatable bonds is 43. The van der Waals surface area contributed by atoms with Crippen molar-refractivity contribution in [2.24, 2.45) is 0 Å². The maximum Gasteiger partial charge on any atom is 0.220 e. The number of allylic oxidation sites excluding steroid dienone is 9. The molecule has 63 heavy (non-hydrogen) atoms. The summed E-state index contributed by atoms with van der Waals surface area (Å²) in [6, 6.07) is -0.825. The Morgan fingerprint density at radius 3 is 1.44 bits per heavy atom. The van der Waals surface area contributed by atoms with E-state index < -0.39 is 49.5 Å². The predicted octanol–water partition coefficient (Wildman–Crippen LogP) is 12.0. The summed E-state index contributed by atoms with van der Waals surface area (Å²) in [4.78, 5) is 13.0. The van der Waals surface area contributed by atoms with Crippen molar-refractivity contribution in [1.29, 1.82) is 0 Å². The summed E-state index contributed by atoms with van der Waals surface area (Å²) < 4.78 is 11.2. The van der Waals surface area contributed by atoms with Crippen LogP contribution in [0.1, 0.15) is 219 Å². The molecule has 0 aromatic heterocycles. The molecule has 1 saturated heterocycles. The van der Waals surface area contributed by atoms with Crippen LogP contribution in [0.4, 0.5) is 0 Å². The average Bonchev–Trinajstić information content (AvgIpc) is 3.28. The van der Waals surface area contributed by atoms with Crippen molar-refractivity contribution in [2.75, 3.05) is 13.2 Å². The standard InChI is InChI=1S/C54H97NO8/c1-3-5-7-9-11-13-15-17-19-20-21-22-23-24-25-26-27-28-30-32-34-36-38-40-42-44-50(58)55-47(46-62-54-53(61)52(60)51(59)49(45-56)63-54)48(57)43-41-39-37-35-33-31-29-18-16-14-12-10-8-6-4-2/h15,17,20-21,23-24,33,35,41,43,47-49,51-54,56-57,59-61H,3-14,16,18-19,22,25-32,34,36-40,42,44-46H2,1-2H3,(H,55,58)/b17-15-,21-20-,24-23-,35-33+,43-41+. The summed E-state index contributed by atoms with van der Waals surface area (Å²) in [6.45, 7) is 3.74. The Balaban J connectivity index is 2.28. The fraction of sp³-hybridized carbons (Fsp3) is 0.796. The molecule has 1 amide bonds. The van der Waals surface area contributed by atoms with E-state index in [-0.39, 0.29) is 12.5 Å².